The minimum Gasteiger partial charge on any atom is -0.338 e. The smallest absolute Gasteiger partial charge is 0.254 e. The van der Waals surface area contributed by atoms with Crippen LogP contribution in [0.4, 0.5) is 5.69 Å². The molecule has 168 valence electrons. The van der Waals surface area contributed by atoms with Crippen molar-refractivity contribution < 1.29 is 14.4 Å². The molecule has 2 fully saturated rings. The Labute approximate surface area is 189 Å². The summed E-state index contributed by atoms with van der Waals surface area (Å²) in [7, 11) is 0. The summed E-state index contributed by atoms with van der Waals surface area (Å²) < 4.78 is 0. The molecule has 1 aliphatic heterocycles. The van der Waals surface area contributed by atoms with Gasteiger partial charge < -0.3 is 15.1 Å². The predicted octanol–water partition coefficient (Wildman–Crippen LogP) is 4.19. The largest absolute Gasteiger partial charge is 0.338 e. The molecule has 0 radical (unpaired) electrons. The fourth-order valence-corrected chi connectivity index (χ4v) is 4.29. The van der Waals surface area contributed by atoms with E-state index >= 15 is 0 Å². The second-order valence-electron chi connectivity index (χ2n) is 8.73. The first-order chi connectivity index (χ1) is 15.6. The van der Waals surface area contributed by atoms with Crippen LogP contribution in [0.1, 0.15) is 59.7 Å². The topological polar surface area (TPSA) is 69.7 Å². The average molecular weight is 434 g/mol. The van der Waals surface area contributed by atoms with E-state index < -0.39 is 0 Å². The van der Waals surface area contributed by atoms with Crippen LogP contribution in [-0.2, 0) is 4.79 Å². The molecule has 2 aromatic rings. The van der Waals surface area contributed by atoms with Gasteiger partial charge in [-0.05, 0) is 68.5 Å². The van der Waals surface area contributed by atoms with Gasteiger partial charge in [0.1, 0.15) is 0 Å². The molecule has 6 heteroatoms. The number of hydrogen-bond acceptors (Lipinski definition) is 3. The normalized spacial score (nSPS) is 16.5. The first-order valence-electron chi connectivity index (χ1n) is 11.6. The number of anilines is 1. The number of piperidine rings is 1. The molecular formula is C26H31N3O3. The summed E-state index contributed by atoms with van der Waals surface area (Å²) in [6, 6.07) is 16.7. The minimum atomic E-state index is 0.0137. The molecule has 6 nitrogen and oxygen atoms in total. The van der Waals surface area contributed by atoms with Crippen molar-refractivity contribution in [2.75, 3.05) is 25.0 Å². The van der Waals surface area contributed by atoms with Crippen LogP contribution in [0.25, 0.3) is 0 Å². The molecule has 4 rings (SSSR count). The highest BCUT2D eigenvalue weighted by atomic mass is 16.2. The zero-order valence-corrected chi connectivity index (χ0v) is 18.6. The fourth-order valence-electron chi connectivity index (χ4n) is 4.29. The SMILES string of the molecule is CCCN(C(=O)c1ccc(NC(=O)C2CC2)cc1)C1CCN(C(=O)c2ccccc2)CC1. The summed E-state index contributed by atoms with van der Waals surface area (Å²) in [5.41, 5.74) is 2.07. The van der Waals surface area contributed by atoms with Crippen molar-refractivity contribution in [3.8, 4) is 0 Å². The lowest BCUT2D eigenvalue weighted by Gasteiger charge is -2.38. The number of carbonyl (C=O) groups excluding carboxylic acids is 3. The van der Waals surface area contributed by atoms with Crippen LogP contribution in [0.3, 0.4) is 0 Å². The highest BCUT2D eigenvalue weighted by Gasteiger charge is 2.31. The Morgan fingerprint density at radius 2 is 1.56 bits per heavy atom. The molecule has 0 spiro atoms. The van der Waals surface area contributed by atoms with Crippen LogP contribution in [0.2, 0.25) is 0 Å². The lowest BCUT2D eigenvalue weighted by Crippen LogP contribution is -2.49. The van der Waals surface area contributed by atoms with E-state index in [2.05, 4.69) is 12.2 Å². The summed E-state index contributed by atoms with van der Waals surface area (Å²) in [5.74, 6) is 0.283. The first kappa shape index (κ1) is 22.1. The number of amides is 3. The van der Waals surface area contributed by atoms with Crippen molar-refractivity contribution in [1.29, 1.82) is 0 Å². The van der Waals surface area contributed by atoms with E-state index in [1.54, 1.807) is 24.3 Å². The molecule has 0 atom stereocenters. The number of nitrogens with zero attached hydrogens (tertiary/aromatic N) is 2. The quantitative estimate of drug-likeness (QED) is 0.712. The number of nitrogens with one attached hydrogen (secondary N) is 1. The van der Waals surface area contributed by atoms with E-state index in [0.717, 1.165) is 37.8 Å². The van der Waals surface area contributed by atoms with Crippen LogP contribution >= 0.6 is 0 Å². The van der Waals surface area contributed by atoms with Crippen molar-refractivity contribution in [2.24, 2.45) is 5.92 Å². The molecule has 3 amide bonds. The monoisotopic (exact) mass is 433 g/mol. The molecule has 0 aromatic heterocycles. The van der Waals surface area contributed by atoms with Crippen LogP contribution in [0, 0.1) is 5.92 Å². The van der Waals surface area contributed by atoms with E-state index in [1.165, 1.54) is 0 Å². The van der Waals surface area contributed by atoms with Gasteiger partial charge in [-0.25, -0.2) is 0 Å². The third-order valence-corrected chi connectivity index (χ3v) is 6.29. The van der Waals surface area contributed by atoms with E-state index in [9.17, 15) is 14.4 Å². The number of likely N-dealkylation sites (tertiary alicyclic amines) is 1. The standard InChI is InChI=1S/C26H31N3O3/c1-2-16-29(23-14-17-28(18-15-23)25(31)20-6-4-3-5-7-20)26(32)21-10-12-22(13-11-21)27-24(30)19-8-9-19/h3-7,10-13,19,23H,2,8-9,14-18H2,1H3,(H,27,30). The molecular weight excluding hydrogens is 402 g/mol. The molecule has 2 aliphatic rings. The first-order valence-corrected chi connectivity index (χ1v) is 11.6. The van der Waals surface area contributed by atoms with Crippen molar-refractivity contribution in [3.05, 3.63) is 65.7 Å². The summed E-state index contributed by atoms with van der Waals surface area (Å²) in [5, 5.41) is 2.92. The van der Waals surface area contributed by atoms with Gasteiger partial charge in [-0.3, -0.25) is 14.4 Å². The van der Waals surface area contributed by atoms with Gasteiger partial charge in [-0.15, -0.1) is 0 Å². The number of carbonyl (C=O) groups is 3. The summed E-state index contributed by atoms with van der Waals surface area (Å²) in [6.07, 6.45) is 4.36. The molecule has 1 saturated carbocycles. The molecule has 0 unspecified atom stereocenters. The van der Waals surface area contributed by atoms with E-state index in [1.807, 2.05) is 40.1 Å². The Kier molecular flexibility index (Phi) is 6.88. The van der Waals surface area contributed by atoms with Crippen LogP contribution < -0.4 is 5.32 Å². The van der Waals surface area contributed by atoms with Crippen molar-refractivity contribution >= 4 is 23.4 Å². The van der Waals surface area contributed by atoms with E-state index in [-0.39, 0.29) is 29.7 Å². The second kappa shape index (κ2) is 9.98. The lowest BCUT2D eigenvalue weighted by atomic mass is 10.0. The van der Waals surface area contributed by atoms with Crippen LogP contribution in [0.15, 0.2) is 54.6 Å². The Morgan fingerprint density at radius 3 is 2.16 bits per heavy atom. The molecule has 0 bridgehead atoms. The minimum absolute atomic E-state index is 0.0137. The zero-order valence-electron chi connectivity index (χ0n) is 18.6. The number of benzene rings is 2. The number of rotatable bonds is 7. The molecule has 1 heterocycles. The van der Waals surface area contributed by atoms with Gasteiger partial charge in [0, 0.05) is 48.4 Å². The third-order valence-electron chi connectivity index (χ3n) is 6.29. The van der Waals surface area contributed by atoms with Gasteiger partial charge in [-0.2, -0.15) is 0 Å². The highest BCUT2D eigenvalue weighted by molar-refractivity contribution is 5.97. The molecule has 1 saturated heterocycles. The molecule has 2 aromatic carbocycles. The highest BCUT2D eigenvalue weighted by Crippen LogP contribution is 2.30. The second-order valence-corrected chi connectivity index (χ2v) is 8.73. The number of hydrogen-bond donors (Lipinski definition) is 1. The van der Waals surface area contributed by atoms with Gasteiger partial charge in [0.2, 0.25) is 5.91 Å². The van der Waals surface area contributed by atoms with Crippen molar-refractivity contribution in [2.45, 2.75) is 45.1 Å². The summed E-state index contributed by atoms with van der Waals surface area (Å²) >= 11 is 0. The lowest BCUT2D eigenvalue weighted by molar-refractivity contribution is -0.117. The molecule has 1 aliphatic carbocycles. The van der Waals surface area contributed by atoms with Crippen LogP contribution in [-0.4, -0.2) is 53.2 Å². The van der Waals surface area contributed by atoms with Crippen molar-refractivity contribution in [3.63, 3.8) is 0 Å². The zero-order chi connectivity index (χ0) is 22.5. The van der Waals surface area contributed by atoms with E-state index in [4.69, 9.17) is 0 Å². The Bertz CT molecular complexity index is 946. The Balaban J connectivity index is 1.37. The van der Waals surface area contributed by atoms with Crippen LogP contribution in [0.5, 0.6) is 0 Å². The van der Waals surface area contributed by atoms with Crippen molar-refractivity contribution in [1.82, 2.24) is 9.80 Å². The third kappa shape index (κ3) is 5.18. The molecule has 32 heavy (non-hydrogen) atoms. The van der Waals surface area contributed by atoms with Gasteiger partial charge >= 0.3 is 0 Å². The van der Waals surface area contributed by atoms with Gasteiger partial charge in [0.25, 0.3) is 11.8 Å². The average Bonchev–Trinajstić information content (AvgIpc) is 3.69. The van der Waals surface area contributed by atoms with Gasteiger partial charge in [0.05, 0.1) is 0 Å². The summed E-state index contributed by atoms with van der Waals surface area (Å²) in [4.78, 5) is 41.8. The maximum atomic E-state index is 13.3. The Morgan fingerprint density at radius 1 is 0.906 bits per heavy atom. The maximum absolute atomic E-state index is 13.3. The summed E-state index contributed by atoms with van der Waals surface area (Å²) in [6.45, 7) is 4.07. The molecule has 1 N–H and O–H groups in total. The Hall–Kier alpha value is -3.15. The maximum Gasteiger partial charge on any atom is 0.254 e. The predicted molar refractivity (Wildman–Crippen MR) is 124 cm³/mol. The van der Waals surface area contributed by atoms with Gasteiger partial charge in [0.15, 0.2) is 0 Å². The van der Waals surface area contributed by atoms with E-state index in [0.29, 0.717) is 30.8 Å². The fraction of sp³-hybridized carbons (Fsp3) is 0.423. The van der Waals surface area contributed by atoms with Gasteiger partial charge in [-0.1, -0.05) is 25.1 Å².